The van der Waals surface area contributed by atoms with Gasteiger partial charge in [-0.15, -0.1) is 0 Å². The smallest absolute Gasteiger partial charge is 0.410 e. The van der Waals surface area contributed by atoms with E-state index in [-0.39, 0.29) is 6.09 Å². The number of carbonyl (C=O) groups is 1. The van der Waals surface area contributed by atoms with Gasteiger partial charge in [-0.05, 0) is 46.6 Å². The van der Waals surface area contributed by atoms with Crippen LogP contribution in [-0.2, 0) is 4.74 Å². The number of amides is 1. The number of hydrogen-bond acceptors (Lipinski definition) is 3. The standard InChI is InChI=1S/C13H24N2O2/c1-12(2,3)17-11(16)15-8-6-13(10-15)5-4-7-14-9-13/h14H,4-10H2,1-3H3. The molecule has 0 aromatic carbocycles. The molecule has 4 heteroatoms. The minimum Gasteiger partial charge on any atom is -0.444 e. The number of carbonyl (C=O) groups excluding carboxylic acids is 1. The molecule has 0 bridgehead atoms. The molecule has 98 valence electrons. The van der Waals surface area contributed by atoms with Crippen LogP contribution in [0.25, 0.3) is 0 Å². The van der Waals surface area contributed by atoms with Gasteiger partial charge in [-0.2, -0.15) is 0 Å². The highest BCUT2D eigenvalue weighted by atomic mass is 16.6. The predicted molar refractivity (Wildman–Crippen MR) is 67.0 cm³/mol. The number of nitrogens with zero attached hydrogens (tertiary/aromatic N) is 1. The van der Waals surface area contributed by atoms with Gasteiger partial charge in [0.05, 0.1) is 0 Å². The Morgan fingerprint density at radius 3 is 2.71 bits per heavy atom. The normalized spacial score (nSPS) is 29.7. The quantitative estimate of drug-likeness (QED) is 0.704. The summed E-state index contributed by atoms with van der Waals surface area (Å²) in [4.78, 5) is 13.8. The van der Waals surface area contributed by atoms with Crippen molar-refractivity contribution in [1.29, 1.82) is 0 Å². The van der Waals surface area contributed by atoms with Crippen LogP contribution in [0.5, 0.6) is 0 Å². The van der Waals surface area contributed by atoms with Gasteiger partial charge in [-0.3, -0.25) is 0 Å². The van der Waals surface area contributed by atoms with Crippen LogP contribution < -0.4 is 5.32 Å². The van der Waals surface area contributed by atoms with Gasteiger partial charge in [-0.1, -0.05) is 0 Å². The topological polar surface area (TPSA) is 41.6 Å². The number of rotatable bonds is 0. The van der Waals surface area contributed by atoms with Crippen LogP contribution in [0.3, 0.4) is 0 Å². The minimum absolute atomic E-state index is 0.153. The van der Waals surface area contributed by atoms with Crippen LogP contribution in [0.15, 0.2) is 0 Å². The van der Waals surface area contributed by atoms with Gasteiger partial charge in [0.25, 0.3) is 0 Å². The van der Waals surface area contributed by atoms with Crippen LogP contribution in [0.1, 0.15) is 40.0 Å². The molecule has 1 unspecified atom stereocenters. The molecule has 2 rings (SSSR count). The van der Waals surface area contributed by atoms with Crippen molar-refractivity contribution in [2.45, 2.75) is 45.6 Å². The number of hydrogen-bond donors (Lipinski definition) is 1. The fourth-order valence-corrected chi connectivity index (χ4v) is 2.80. The van der Waals surface area contributed by atoms with Crippen LogP contribution >= 0.6 is 0 Å². The molecule has 2 aliphatic rings. The Morgan fingerprint density at radius 2 is 2.12 bits per heavy atom. The lowest BCUT2D eigenvalue weighted by Gasteiger charge is -2.34. The van der Waals surface area contributed by atoms with Gasteiger partial charge in [0.1, 0.15) is 5.60 Å². The Bertz CT molecular complexity index is 290. The second kappa shape index (κ2) is 4.48. The fraction of sp³-hybridized carbons (Fsp3) is 0.923. The molecule has 1 N–H and O–H groups in total. The monoisotopic (exact) mass is 240 g/mol. The highest BCUT2D eigenvalue weighted by Crippen LogP contribution is 2.36. The first kappa shape index (κ1) is 12.7. The van der Waals surface area contributed by atoms with E-state index in [0.717, 1.165) is 32.6 Å². The van der Waals surface area contributed by atoms with E-state index >= 15 is 0 Å². The van der Waals surface area contributed by atoms with Gasteiger partial charge in [0, 0.05) is 25.0 Å². The van der Waals surface area contributed by atoms with E-state index in [1.54, 1.807) is 0 Å². The molecule has 1 amide bonds. The Hall–Kier alpha value is -0.770. The molecule has 2 saturated heterocycles. The Kier molecular flexibility index (Phi) is 3.34. The van der Waals surface area contributed by atoms with Crippen molar-refractivity contribution in [3.63, 3.8) is 0 Å². The highest BCUT2D eigenvalue weighted by Gasteiger charge is 2.41. The van der Waals surface area contributed by atoms with Gasteiger partial charge in [0.15, 0.2) is 0 Å². The summed E-state index contributed by atoms with van der Waals surface area (Å²) in [5.74, 6) is 0. The molecule has 1 atom stereocenters. The average molecular weight is 240 g/mol. The molecule has 17 heavy (non-hydrogen) atoms. The third-order valence-corrected chi connectivity index (χ3v) is 3.65. The lowest BCUT2D eigenvalue weighted by Crippen LogP contribution is -2.43. The third kappa shape index (κ3) is 3.12. The van der Waals surface area contributed by atoms with Crippen molar-refractivity contribution in [2.75, 3.05) is 26.2 Å². The molecule has 2 aliphatic heterocycles. The van der Waals surface area contributed by atoms with E-state index in [9.17, 15) is 4.79 Å². The number of nitrogens with one attached hydrogen (secondary N) is 1. The molecule has 0 aromatic rings. The predicted octanol–water partition coefficient (Wildman–Crippen LogP) is 2.00. The molecule has 0 aliphatic carbocycles. The first-order valence-corrected chi connectivity index (χ1v) is 6.59. The summed E-state index contributed by atoms with van der Waals surface area (Å²) in [6.07, 6.45) is 3.42. The molecule has 2 heterocycles. The number of piperidine rings is 1. The first-order chi connectivity index (χ1) is 7.90. The van der Waals surface area contributed by atoms with Crippen molar-refractivity contribution >= 4 is 6.09 Å². The first-order valence-electron chi connectivity index (χ1n) is 6.59. The van der Waals surface area contributed by atoms with Crippen LogP contribution in [-0.4, -0.2) is 42.8 Å². The van der Waals surface area contributed by atoms with Gasteiger partial charge in [-0.25, -0.2) is 4.79 Å². The Labute approximate surface area is 104 Å². The minimum atomic E-state index is -0.391. The van der Waals surface area contributed by atoms with E-state index in [1.165, 1.54) is 12.8 Å². The summed E-state index contributed by atoms with van der Waals surface area (Å²) in [5, 5.41) is 3.45. The maximum atomic E-state index is 12.0. The molecular weight excluding hydrogens is 216 g/mol. The van der Waals surface area contributed by atoms with Crippen molar-refractivity contribution in [3.8, 4) is 0 Å². The zero-order chi connectivity index (χ0) is 12.5. The largest absolute Gasteiger partial charge is 0.444 e. The highest BCUT2D eigenvalue weighted by molar-refractivity contribution is 5.68. The zero-order valence-electron chi connectivity index (χ0n) is 11.2. The molecule has 0 aromatic heterocycles. The summed E-state index contributed by atoms with van der Waals surface area (Å²) in [7, 11) is 0. The summed E-state index contributed by atoms with van der Waals surface area (Å²) >= 11 is 0. The second-order valence-corrected chi connectivity index (χ2v) is 6.43. The maximum Gasteiger partial charge on any atom is 0.410 e. The van der Waals surface area contributed by atoms with Crippen molar-refractivity contribution in [3.05, 3.63) is 0 Å². The van der Waals surface area contributed by atoms with Gasteiger partial charge in [0.2, 0.25) is 0 Å². The summed E-state index contributed by atoms with van der Waals surface area (Å²) in [6, 6.07) is 0. The van der Waals surface area contributed by atoms with Crippen molar-refractivity contribution < 1.29 is 9.53 Å². The van der Waals surface area contributed by atoms with Crippen LogP contribution in [0.4, 0.5) is 4.79 Å². The fourth-order valence-electron chi connectivity index (χ4n) is 2.80. The van der Waals surface area contributed by atoms with Gasteiger partial charge >= 0.3 is 6.09 Å². The van der Waals surface area contributed by atoms with Crippen LogP contribution in [0.2, 0.25) is 0 Å². The molecule has 0 radical (unpaired) electrons. The SMILES string of the molecule is CC(C)(C)OC(=O)N1CCC2(CCCNC2)C1. The Morgan fingerprint density at radius 1 is 1.35 bits per heavy atom. The Balaban J connectivity index is 1.91. The van der Waals surface area contributed by atoms with E-state index in [1.807, 2.05) is 25.7 Å². The molecule has 1 spiro atoms. The lowest BCUT2D eigenvalue weighted by atomic mass is 9.80. The zero-order valence-corrected chi connectivity index (χ0v) is 11.2. The van der Waals surface area contributed by atoms with E-state index in [4.69, 9.17) is 4.74 Å². The second-order valence-electron chi connectivity index (χ2n) is 6.43. The van der Waals surface area contributed by atoms with E-state index in [0.29, 0.717) is 5.41 Å². The maximum absolute atomic E-state index is 12.0. The molecule has 0 saturated carbocycles. The van der Waals surface area contributed by atoms with E-state index < -0.39 is 5.60 Å². The lowest BCUT2D eigenvalue weighted by molar-refractivity contribution is 0.0266. The van der Waals surface area contributed by atoms with Gasteiger partial charge < -0.3 is 15.0 Å². The molecule has 4 nitrogen and oxygen atoms in total. The van der Waals surface area contributed by atoms with E-state index in [2.05, 4.69) is 5.32 Å². The average Bonchev–Trinajstić information content (AvgIpc) is 2.61. The van der Waals surface area contributed by atoms with Crippen molar-refractivity contribution in [2.24, 2.45) is 5.41 Å². The number of likely N-dealkylation sites (tertiary alicyclic amines) is 1. The summed E-state index contributed by atoms with van der Waals surface area (Å²) in [5.41, 5.74) is -0.0766. The van der Waals surface area contributed by atoms with Crippen LogP contribution in [0, 0.1) is 5.41 Å². The molecule has 2 fully saturated rings. The molecular formula is C13H24N2O2. The number of ether oxygens (including phenoxy) is 1. The summed E-state index contributed by atoms with van der Waals surface area (Å²) in [6.45, 7) is 9.61. The third-order valence-electron chi connectivity index (χ3n) is 3.65. The summed E-state index contributed by atoms with van der Waals surface area (Å²) < 4.78 is 5.42. The van der Waals surface area contributed by atoms with Crippen molar-refractivity contribution in [1.82, 2.24) is 10.2 Å².